The zero-order valence-electron chi connectivity index (χ0n) is 11.0. The third-order valence-electron chi connectivity index (χ3n) is 3.70. The second-order valence-corrected chi connectivity index (χ2v) is 4.90. The molecule has 0 heterocycles. The summed E-state index contributed by atoms with van der Waals surface area (Å²) >= 11 is 0. The van der Waals surface area contributed by atoms with E-state index in [1.54, 1.807) is 4.90 Å². The van der Waals surface area contributed by atoms with Crippen LogP contribution in [0.25, 0.3) is 0 Å². The molecule has 0 aromatic heterocycles. The third kappa shape index (κ3) is 3.69. The van der Waals surface area contributed by atoms with Crippen LogP contribution >= 0.6 is 0 Å². The van der Waals surface area contributed by atoms with Crippen molar-refractivity contribution >= 4 is 6.03 Å². The topological polar surface area (TPSA) is 32.3 Å². The van der Waals surface area contributed by atoms with Gasteiger partial charge in [0.15, 0.2) is 0 Å². The molecule has 0 aromatic carbocycles. The largest absolute Gasteiger partial charge is 0.335 e. The molecule has 3 nitrogen and oxygen atoms in total. The van der Waals surface area contributed by atoms with Crippen LogP contribution in [-0.4, -0.2) is 30.6 Å². The van der Waals surface area contributed by atoms with E-state index in [1.807, 2.05) is 14.0 Å². The van der Waals surface area contributed by atoms with Crippen LogP contribution in [0.1, 0.15) is 52.4 Å². The van der Waals surface area contributed by atoms with E-state index in [9.17, 15) is 4.79 Å². The van der Waals surface area contributed by atoms with Gasteiger partial charge in [0, 0.05) is 19.6 Å². The second kappa shape index (κ2) is 6.77. The Hall–Kier alpha value is -0.730. The van der Waals surface area contributed by atoms with E-state index < -0.39 is 0 Å². The Labute approximate surface area is 99.6 Å². The average molecular weight is 226 g/mol. The number of nitrogens with zero attached hydrogens (tertiary/aromatic N) is 1. The minimum absolute atomic E-state index is 0.0931. The molecule has 1 N–H and O–H groups in total. The van der Waals surface area contributed by atoms with Gasteiger partial charge in [0.1, 0.15) is 0 Å². The van der Waals surface area contributed by atoms with E-state index in [2.05, 4.69) is 12.2 Å². The third-order valence-corrected chi connectivity index (χ3v) is 3.70. The fourth-order valence-electron chi connectivity index (χ4n) is 2.53. The number of carbonyl (C=O) groups excluding carboxylic acids is 1. The van der Waals surface area contributed by atoms with Crippen LogP contribution < -0.4 is 5.32 Å². The number of hydrogen-bond donors (Lipinski definition) is 1. The van der Waals surface area contributed by atoms with Crippen molar-refractivity contribution in [1.82, 2.24) is 10.2 Å². The number of hydrogen-bond acceptors (Lipinski definition) is 1. The first-order valence-corrected chi connectivity index (χ1v) is 6.70. The van der Waals surface area contributed by atoms with Gasteiger partial charge in [-0.05, 0) is 32.1 Å². The van der Waals surface area contributed by atoms with Gasteiger partial charge in [-0.2, -0.15) is 0 Å². The summed E-state index contributed by atoms with van der Waals surface area (Å²) in [4.78, 5) is 13.6. The Morgan fingerprint density at radius 3 is 2.62 bits per heavy atom. The number of nitrogens with one attached hydrogen (secondary N) is 1. The van der Waals surface area contributed by atoms with Crippen LogP contribution in [0.2, 0.25) is 0 Å². The molecule has 1 aliphatic carbocycles. The van der Waals surface area contributed by atoms with E-state index in [-0.39, 0.29) is 6.03 Å². The molecule has 0 aromatic rings. The van der Waals surface area contributed by atoms with Crippen molar-refractivity contribution in [3.05, 3.63) is 0 Å². The summed E-state index contributed by atoms with van der Waals surface area (Å²) in [5.74, 6) is 0.702. The molecule has 1 rings (SSSR count). The van der Waals surface area contributed by atoms with Gasteiger partial charge in [0.2, 0.25) is 0 Å². The zero-order chi connectivity index (χ0) is 12.0. The van der Waals surface area contributed by atoms with E-state index in [4.69, 9.17) is 0 Å². The molecule has 2 amide bonds. The fraction of sp³-hybridized carbons (Fsp3) is 0.923. The maximum absolute atomic E-state index is 11.8. The predicted octanol–water partition coefficient (Wildman–Crippen LogP) is 3.01. The van der Waals surface area contributed by atoms with Gasteiger partial charge in [0.25, 0.3) is 0 Å². The lowest BCUT2D eigenvalue weighted by atomic mass is 9.82. The van der Waals surface area contributed by atoms with Crippen LogP contribution in [0, 0.1) is 5.92 Å². The quantitative estimate of drug-likeness (QED) is 0.785. The Kier molecular flexibility index (Phi) is 5.64. The van der Waals surface area contributed by atoms with Gasteiger partial charge in [-0.3, -0.25) is 0 Å². The molecule has 0 radical (unpaired) electrons. The molecule has 1 aliphatic rings. The monoisotopic (exact) mass is 226 g/mol. The highest BCUT2D eigenvalue weighted by atomic mass is 16.2. The standard InChI is InChI=1S/C13H26N2O/c1-4-8-11-9-6-7-10-12(11)14-13(16)15(3)5-2/h11-12H,4-10H2,1-3H3,(H,14,16). The van der Waals surface area contributed by atoms with Crippen molar-refractivity contribution in [3.8, 4) is 0 Å². The van der Waals surface area contributed by atoms with Crippen LogP contribution in [0.15, 0.2) is 0 Å². The SMILES string of the molecule is CCCC1CCCCC1NC(=O)N(C)CC. The lowest BCUT2D eigenvalue weighted by molar-refractivity contribution is 0.188. The summed E-state index contributed by atoms with van der Waals surface area (Å²) in [5, 5.41) is 3.19. The summed E-state index contributed by atoms with van der Waals surface area (Å²) in [6.07, 6.45) is 7.52. The molecule has 1 fully saturated rings. The van der Waals surface area contributed by atoms with Gasteiger partial charge in [-0.1, -0.05) is 26.2 Å². The van der Waals surface area contributed by atoms with Gasteiger partial charge in [-0.15, -0.1) is 0 Å². The van der Waals surface area contributed by atoms with Crippen LogP contribution in [-0.2, 0) is 0 Å². The van der Waals surface area contributed by atoms with E-state index in [0.717, 1.165) is 13.0 Å². The first-order valence-electron chi connectivity index (χ1n) is 6.70. The minimum atomic E-state index is 0.0931. The molecule has 94 valence electrons. The van der Waals surface area contributed by atoms with Gasteiger partial charge >= 0.3 is 6.03 Å². The van der Waals surface area contributed by atoms with E-state index >= 15 is 0 Å². The van der Waals surface area contributed by atoms with Crippen LogP contribution in [0.3, 0.4) is 0 Å². The molecule has 0 saturated heterocycles. The zero-order valence-corrected chi connectivity index (χ0v) is 11.0. The van der Waals surface area contributed by atoms with E-state index in [0.29, 0.717) is 12.0 Å². The van der Waals surface area contributed by atoms with Crippen molar-refractivity contribution in [2.75, 3.05) is 13.6 Å². The summed E-state index contributed by atoms with van der Waals surface area (Å²) in [6, 6.07) is 0.505. The minimum Gasteiger partial charge on any atom is -0.335 e. The Morgan fingerprint density at radius 2 is 2.00 bits per heavy atom. The number of rotatable bonds is 4. The molecule has 0 spiro atoms. The smallest absolute Gasteiger partial charge is 0.317 e. The van der Waals surface area contributed by atoms with Gasteiger partial charge in [-0.25, -0.2) is 4.79 Å². The van der Waals surface area contributed by atoms with Crippen LogP contribution in [0.5, 0.6) is 0 Å². The van der Waals surface area contributed by atoms with Crippen molar-refractivity contribution in [3.63, 3.8) is 0 Å². The fourth-order valence-corrected chi connectivity index (χ4v) is 2.53. The molecule has 0 bridgehead atoms. The summed E-state index contributed by atoms with van der Waals surface area (Å²) < 4.78 is 0. The molecule has 3 heteroatoms. The summed E-state index contributed by atoms with van der Waals surface area (Å²) in [6.45, 7) is 5.01. The number of carbonyl (C=O) groups is 1. The predicted molar refractivity (Wildman–Crippen MR) is 67.5 cm³/mol. The molecule has 0 aliphatic heterocycles. The van der Waals surface area contributed by atoms with Crippen molar-refractivity contribution in [2.24, 2.45) is 5.92 Å². The van der Waals surface area contributed by atoms with Gasteiger partial charge in [0.05, 0.1) is 0 Å². The molecule has 1 saturated carbocycles. The van der Waals surface area contributed by atoms with Crippen molar-refractivity contribution in [2.45, 2.75) is 58.4 Å². The normalized spacial score (nSPS) is 25.2. The lowest BCUT2D eigenvalue weighted by Gasteiger charge is -2.33. The lowest BCUT2D eigenvalue weighted by Crippen LogP contribution is -2.47. The van der Waals surface area contributed by atoms with Crippen LogP contribution in [0.4, 0.5) is 4.79 Å². The molecular weight excluding hydrogens is 200 g/mol. The summed E-state index contributed by atoms with van der Waals surface area (Å²) in [7, 11) is 1.85. The first kappa shape index (κ1) is 13.3. The molecule has 16 heavy (non-hydrogen) atoms. The Bertz CT molecular complexity index is 216. The van der Waals surface area contributed by atoms with Crippen molar-refractivity contribution < 1.29 is 4.79 Å². The first-order chi connectivity index (χ1) is 7.69. The second-order valence-electron chi connectivity index (χ2n) is 4.90. The highest BCUT2D eigenvalue weighted by Gasteiger charge is 2.26. The van der Waals surface area contributed by atoms with Crippen molar-refractivity contribution in [1.29, 1.82) is 0 Å². The maximum atomic E-state index is 11.8. The average Bonchev–Trinajstić information content (AvgIpc) is 2.31. The van der Waals surface area contributed by atoms with E-state index in [1.165, 1.54) is 32.1 Å². The molecule has 2 atom stereocenters. The maximum Gasteiger partial charge on any atom is 0.317 e. The highest BCUT2D eigenvalue weighted by molar-refractivity contribution is 5.74. The molecule has 2 unspecified atom stereocenters. The summed E-state index contributed by atoms with van der Waals surface area (Å²) in [5.41, 5.74) is 0. The van der Waals surface area contributed by atoms with Gasteiger partial charge < -0.3 is 10.2 Å². The Morgan fingerprint density at radius 1 is 1.31 bits per heavy atom. The highest BCUT2D eigenvalue weighted by Crippen LogP contribution is 2.28. The Balaban J connectivity index is 2.45. The number of amides is 2. The number of urea groups is 1. The molecular formula is C13H26N2O.